The van der Waals surface area contributed by atoms with Gasteiger partial charge in [-0.25, -0.2) is 18.4 Å². The molecule has 2 aliphatic carbocycles. The summed E-state index contributed by atoms with van der Waals surface area (Å²) in [5.74, 6) is -5.20. The van der Waals surface area contributed by atoms with Crippen LogP contribution in [-0.2, 0) is 38.7 Å². The molecule has 3 fully saturated rings. The molecule has 0 spiro atoms. The Labute approximate surface area is 361 Å². The number of amides is 2. The van der Waals surface area contributed by atoms with E-state index in [-0.39, 0.29) is 43.7 Å². The van der Waals surface area contributed by atoms with Crippen LogP contribution in [0.2, 0.25) is 0 Å². The van der Waals surface area contributed by atoms with Crippen molar-refractivity contribution in [2.45, 2.75) is 134 Å². The van der Waals surface area contributed by atoms with Gasteiger partial charge in [-0.1, -0.05) is 32.9 Å². The average Bonchev–Trinajstić information content (AvgIpc) is 4.07. The van der Waals surface area contributed by atoms with Crippen molar-refractivity contribution in [2.75, 3.05) is 27.4 Å². The van der Waals surface area contributed by atoms with E-state index in [2.05, 4.69) is 4.72 Å². The Morgan fingerprint density at radius 1 is 1.06 bits per heavy atom. The number of carbonyl (C=O) groups excluding carboxylic acids is 4. The number of fused-ring (bicyclic) bond motifs is 3. The molecule has 2 aromatic rings. The first-order chi connectivity index (χ1) is 28.9. The predicted octanol–water partition coefficient (Wildman–Crippen LogP) is 6.60. The molecule has 1 aromatic carbocycles. The molecule has 6 rings (SSSR count). The van der Waals surface area contributed by atoms with E-state index in [4.69, 9.17) is 28.9 Å². The van der Waals surface area contributed by atoms with Crippen LogP contribution in [0.3, 0.4) is 0 Å². The second kappa shape index (κ2) is 17.7. The number of halogens is 3. The lowest BCUT2D eigenvalue weighted by Crippen LogP contribution is -2.49. The molecule has 2 saturated carbocycles. The third kappa shape index (κ3) is 9.90. The van der Waals surface area contributed by atoms with Crippen LogP contribution in [0.4, 0.5) is 13.2 Å². The smallest absolute Gasteiger partial charge is 0.427 e. The summed E-state index contributed by atoms with van der Waals surface area (Å²) in [5.41, 5.74) is -2.70. The molecule has 62 heavy (non-hydrogen) atoms. The van der Waals surface area contributed by atoms with Crippen LogP contribution in [0.15, 0.2) is 30.4 Å². The van der Waals surface area contributed by atoms with Crippen LogP contribution in [0.25, 0.3) is 11.0 Å². The minimum atomic E-state index is -4.90. The summed E-state index contributed by atoms with van der Waals surface area (Å²) >= 11 is 0. The van der Waals surface area contributed by atoms with Gasteiger partial charge in [-0.05, 0) is 89.2 Å². The summed E-state index contributed by atoms with van der Waals surface area (Å²) in [5, 5.41) is 0. The molecule has 3 heterocycles. The Kier molecular flexibility index (Phi) is 13.5. The first-order valence-corrected chi connectivity index (χ1v) is 22.8. The quantitative estimate of drug-likeness (QED) is 0.178. The molecular weight excluding hydrogens is 834 g/mol. The fraction of sp³-hybridized carbons (Fsp3) is 0.682. The number of ketones is 1. The maximum Gasteiger partial charge on any atom is 0.427 e. The van der Waals surface area contributed by atoms with E-state index < -0.39 is 98.3 Å². The first-order valence-electron chi connectivity index (χ1n) is 21.3. The van der Waals surface area contributed by atoms with Crippen LogP contribution in [0.5, 0.6) is 11.6 Å². The van der Waals surface area contributed by atoms with Crippen molar-refractivity contribution < 1.29 is 59.7 Å². The van der Waals surface area contributed by atoms with Crippen molar-refractivity contribution in [1.82, 2.24) is 19.6 Å². The number of alkyl halides is 3. The van der Waals surface area contributed by atoms with Crippen LogP contribution < -0.4 is 14.2 Å². The van der Waals surface area contributed by atoms with Gasteiger partial charge in [0.05, 0.1) is 53.2 Å². The number of hydrogen-bond acceptors (Lipinski definition) is 12. The molecule has 4 aliphatic rings. The van der Waals surface area contributed by atoms with Crippen molar-refractivity contribution in [3.63, 3.8) is 0 Å². The van der Waals surface area contributed by atoms with Gasteiger partial charge in [0.2, 0.25) is 33.3 Å². The first kappa shape index (κ1) is 47.2. The zero-order valence-corrected chi connectivity index (χ0v) is 37.5. The van der Waals surface area contributed by atoms with Gasteiger partial charge in [0.25, 0.3) is 0 Å². The summed E-state index contributed by atoms with van der Waals surface area (Å²) in [6.45, 7) is 8.59. The molecule has 18 heteroatoms. The number of ether oxygens (including phenoxy) is 4. The topological polar surface area (TPSA) is 180 Å². The van der Waals surface area contributed by atoms with Gasteiger partial charge in [0, 0.05) is 38.5 Å². The maximum atomic E-state index is 15.1. The molecule has 2 aliphatic heterocycles. The zero-order chi connectivity index (χ0) is 45.6. The summed E-state index contributed by atoms with van der Waals surface area (Å²) in [6, 6.07) is 3.98. The summed E-state index contributed by atoms with van der Waals surface area (Å²) < 4.78 is 92.0. The lowest BCUT2D eigenvalue weighted by Gasteiger charge is -2.34. The van der Waals surface area contributed by atoms with Gasteiger partial charge in [-0.2, -0.15) is 13.2 Å². The van der Waals surface area contributed by atoms with E-state index >= 15 is 4.79 Å². The second-order valence-electron chi connectivity index (χ2n) is 18.8. The van der Waals surface area contributed by atoms with Crippen molar-refractivity contribution >= 4 is 44.6 Å². The number of aromatic nitrogens is 2. The highest BCUT2D eigenvalue weighted by atomic mass is 32.2. The molecule has 0 bridgehead atoms. The molecule has 2 amide bonds. The third-order valence-electron chi connectivity index (χ3n) is 13.1. The van der Waals surface area contributed by atoms with Crippen LogP contribution in [0, 0.1) is 29.1 Å². The number of rotatable bonds is 12. The molecular formula is C44H59F3N4O10S. The van der Waals surface area contributed by atoms with Crippen molar-refractivity contribution in [3.8, 4) is 11.6 Å². The average molecular weight is 893 g/mol. The maximum absolute atomic E-state index is 15.1. The van der Waals surface area contributed by atoms with E-state index in [0.29, 0.717) is 54.6 Å². The molecule has 1 saturated heterocycles. The molecule has 342 valence electrons. The molecule has 7 atom stereocenters. The predicted molar refractivity (Wildman–Crippen MR) is 221 cm³/mol. The number of carbonyl (C=O) groups is 4. The third-order valence-corrected chi connectivity index (χ3v) is 15.3. The SMILES string of the molecule is COC[C@@H]1C[C@H](C)CC/C=C\[C@@H]2C[C@@]2(C(=O)NS(=O)(=O)C2(C)CC2)CC(=O)[C@@H]2C[C@@H](Oc3nc4cc(OC)ccc4nc3C(C)C)CN2C(=O)[C@H]1CC(=O)OC(C)(C)C(F)(F)F. The minimum Gasteiger partial charge on any atom is -0.497 e. The highest BCUT2D eigenvalue weighted by Crippen LogP contribution is 2.58. The highest BCUT2D eigenvalue weighted by molar-refractivity contribution is 7.91. The molecule has 1 aromatic heterocycles. The number of benzene rings is 1. The number of esters is 1. The molecule has 1 N–H and O–H groups in total. The number of nitrogens with zero attached hydrogens (tertiary/aromatic N) is 3. The molecule has 0 radical (unpaired) electrons. The van der Waals surface area contributed by atoms with E-state index in [9.17, 15) is 36.0 Å². The van der Waals surface area contributed by atoms with Gasteiger partial charge in [0.15, 0.2) is 5.78 Å². The second-order valence-corrected chi connectivity index (χ2v) is 21.0. The van der Waals surface area contributed by atoms with Gasteiger partial charge in [-0.3, -0.25) is 23.9 Å². The van der Waals surface area contributed by atoms with E-state index in [1.165, 1.54) is 19.1 Å². The van der Waals surface area contributed by atoms with Crippen LogP contribution >= 0.6 is 0 Å². The van der Waals surface area contributed by atoms with Crippen molar-refractivity contribution in [3.05, 3.63) is 36.0 Å². The fourth-order valence-electron chi connectivity index (χ4n) is 8.63. The summed E-state index contributed by atoms with van der Waals surface area (Å²) in [6.07, 6.45) is -0.722. The lowest BCUT2D eigenvalue weighted by molar-refractivity contribution is -0.257. The number of allylic oxidation sites excluding steroid dienone is 2. The molecule has 14 nitrogen and oxygen atoms in total. The Balaban J connectivity index is 1.40. The standard InChI is InChI=1S/C44H59F3N4O10S/c1-25(2)37-38(49-33-18-29(59-8)13-14-32(33)48-37)60-30-19-34-35(52)22-43(40(55)50-62(56,57)42(6)15-16-42)21-28(43)12-10-9-11-26(3)17-27(24-58-7)31(39(54)51(34)23-30)20-36(53)61-41(4,5)44(45,46)47/h10,12-14,18,25-28,30-31,34H,9,11,15-17,19-24H2,1-8H3,(H,50,55)/b12-10-/t26-,27+,28-,30-,31+,34+,43-/m1/s1. The largest absolute Gasteiger partial charge is 0.497 e. The summed E-state index contributed by atoms with van der Waals surface area (Å²) in [4.78, 5) is 68.4. The van der Waals surface area contributed by atoms with E-state index in [0.717, 1.165) is 13.8 Å². The van der Waals surface area contributed by atoms with E-state index in [1.54, 1.807) is 25.1 Å². The number of sulfonamides is 1. The normalized spacial score (nSPS) is 28.6. The fourth-order valence-corrected chi connectivity index (χ4v) is 9.97. The van der Waals surface area contributed by atoms with Gasteiger partial charge in [-0.15, -0.1) is 0 Å². The van der Waals surface area contributed by atoms with Gasteiger partial charge in [0.1, 0.15) is 17.5 Å². The Morgan fingerprint density at radius 3 is 2.40 bits per heavy atom. The monoisotopic (exact) mass is 892 g/mol. The Hall–Kier alpha value is -4.32. The van der Waals surface area contributed by atoms with Gasteiger partial charge >= 0.3 is 12.1 Å². The molecule has 0 unspecified atom stereocenters. The summed E-state index contributed by atoms with van der Waals surface area (Å²) in [7, 11) is -1.11. The number of methoxy groups -OCH3 is 2. The lowest BCUT2D eigenvalue weighted by atomic mass is 9.81. The number of Topliss-reactive ketones (excluding diaryl/α,β-unsaturated/α-hetero) is 1. The number of hydrogen-bond donors (Lipinski definition) is 1. The Bertz CT molecular complexity index is 2190. The van der Waals surface area contributed by atoms with Crippen molar-refractivity contribution in [1.29, 1.82) is 0 Å². The Morgan fingerprint density at radius 2 is 1.77 bits per heavy atom. The van der Waals surface area contributed by atoms with Gasteiger partial charge < -0.3 is 23.8 Å². The van der Waals surface area contributed by atoms with E-state index in [1.807, 2.05) is 32.9 Å². The van der Waals surface area contributed by atoms with Crippen molar-refractivity contribution in [2.24, 2.45) is 29.1 Å². The minimum absolute atomic E-state index is 0.0223. The zero-order valence-electron chi connectivity index (χ0n) is 36.7. The van der Waals surface area contributed by atoms with Crippen LogP contribution in [-0.4, -0.2) is 103 Å². The number of nitrogens with one attached hydrogen (secondary N) is 1. The van der Waals surface area contributed by atoms with Crippen LogP contribution in [0.1, 0.15) is 111 Å². The highest BCUT2D eigenvalue weighted by Gasteiger charge is 2.63.